The number of fused-ring (bicyclic) bond motifs is 2. The molecule has 2 saturated carbocycles. The van der Waals surface area contributed by atoms with Gasteiger partial charge in [-0.05, 0) is 61.9 Å². The zero-order valence-electron chi connectivity index (χ0n) is 21.7. The molecular weight excluding hydrogens is 453 g/mol. The molecule has 2 aromatic heterocycles. The van der Waals surface area contributed by atoms with Gasteiger partial charge in [-0.25, -0.2) is 8.91 Å². The number of nitrogens with two attached hydrogens (primary N) is 1. The summed E-state index contributed by atoms with van der Waals surface area (Å²) in [5.74, 6) is 0.274. The van der Waals surface area contributed by atoms with Gasteiger partial charge in [0.15, 0.2) is 0 Å². The summed E-state index contributed by atoms with van der Waals surface area (Å²) in [5, 5.41) is 11.4. The van der Waals surface area contributed by atoms with E-state index in [0.29, 0.717) is 24.0 Å². The summed E-state index contributed by atoms with van der Waals surface area (Å²) < 4.78 is 21.1. The van der Waals surface area contributed by atoms with Gasteiger partial charge in [0.2, 0.25) is 0 Å². The first kappa shape index (κ1) is 26.2. The molecule has 6 rings (SSSR count). The number of anilines is 1. The molecule has 1 aliphatic heterocycles. The lowest BCUT2D eigenvalue weighted by Gasteiger charge is -2.28. The number of benzene rings is 1. The van der Waals surface area contributed by atoms with E-state index >= 15 is 0 Å². The molecule has 0 atom stereocenters. The third-order valence-electron chi connectivity index (χ3n) is 7.09. The summed E-state index contributed by atoms with van der Waals surface area (Å²) in [6.45, 7) is 5.64. The van der Waals surface area contributed by atoms with Gasteiger partial charge in [0.05, 0.1) is 22.6 Å². The van der Waals surface area contributed by atoms with Crippen LogP contribution in [0.15, 0.2) is 53.9 Å². The van der Waals surface area contributed by atoms with E-state index in [-0.39, 0.29) is 12.4 Å². The number of nitrogens with one attached hydrogen (secondary N) is 2. The van der Waals surface area contributed by atoms with E-state index in [0.717, 1.165) is 30.8 Å². The largest absolute Gasteiger partial charge is 0.485 e. The van der Waals surface area contributed by atoms with Crippen LogP contribution in [-0.2, 0) is 13.1 Å². The molecule has 3 aromatic rings. The fourth-order valence-electron chi connectivity index (χ4n) is 4.87. The number of halogens is 1. The van der Waals surface area contributed by atoms with Crippen molar-refractivity contribution >= 4 is 11.2 Å². The standard InChI is InChI=1S/C14H19N3.C13H15FN2O.C2H6/c1-2-5-12(6-3-1)15-11-14-8-4-7-13-9-10-16-17(13)14;14-10-5-13-11(4-9(10)6-15)16-12(7-17-13)8-2-1-3-8;1-2/h4,7-10,12,15H,1-3,5-6,11H2;4-5,16H,1-3,6-7,15H2;1-2H3. The number of ether oxygens (including phenoxy) is 1. The molecule has 0 unspecified atom stereocenters. The molecule has 3 aliphatic rings. The van der Waals surface area contributed by atoms with Gasteiger partial charge in [0.25, 0.3) is 0 Å². The highest BCUT2D eigenvalue weighted by Gasteiger charge is 2.21. The Morgan fingerprint density at radius 2 is 1.92 bits per heavy atom. The van der Waals surface area contributed by atoms with Crippen molar-refractivity contribution in [3.63, 3.8) is 0 Å². The molecule has 1 aromatic carbocycles. The Bertz CT molecular complexity index is 1160. The molecule has 6 nitrogen and oxygen atoms in total. The Hall–Kier alpha value is -2.90. The Labute approximate surface area is 214 Å². The van der Waals surface area contributed by atoms with Crippen LogP contribution >= 0.6 is 0 Å². The summed E-state index contributed by atoms with van der Waals surface area (Å²) in [6.07, 6.45) is 12.2. The molecule has 0 saturated heterocycles. The highest BCUT2D eigenvalue weighted by Crippen LogP contribution is 2.36. The maximum atomic E-state index is 13.5. The zero-order valence-corrected chi connectivity index (χ0v) is 21.7. The molecule has 2 fully saturated rings. The third-order valence-corrected chi connectivity index (χ3v) is 7.09. The predicted octanol–water partition coefficient (Wildman–Crippen LogP) is 6.31. The predicted molar refractivity (Wildman–Crippen MR) is 145 cm³/mol. The van der Waals surface area contributed by atoms with Crippen molar-refractivity contribution in [1.82, 2.24) is 14.9 Å². The minimum absolute atomic E-state index is 0.201. The summed E-state index contributed by atoms with van der Waals surface area (Å²) >= 11 is 0. The average molecular weight is 494 g/mol. The smallest absolute Gasteiger partial charge is 0.146 e. The van der Waals surface area contributed by atoms with Crippen LogP contribution in [0.1, 0.15) is 76.5 Å². The van der Waals surface area contributed by atoms with Crippen molar-refractivity contribution < 1.29 is 9.13 Å². The highest BCUT2D eigenvalue weighted by atomic mass is 19.1. The van der Waals surface area contributed by atoms with Crippen LogP contribution in [0.25, 0.3) is 5.52 Å². The summed E-state index contributed by atoms with van der Waals surface area (Å²) in [4.78, 5) is 0. The molecule has 0 radical (unpaired) electrons. The average Bonchev–Trinajstić information content (AvgIpc) is 3.38. The Morgan fingerprint density at radius 1 is 1.11 bits per heavy atom. The lowest BCUT2D eigenvalue weighted by molar-refractivity contribution is 0.339. The number of pyridine rings is 1. The van der Waals surface area contributed by atoms with Crippen molar-refractivity contribution in [2.24, 2.45) is 5.73 Å². The number of rotatable bonds is 4. The first-order valence-corrected chi connectivity index (χ1v) is 13.5. The second kappa shape index (κ2) is 12.9. The molecule has 0 spiro atoms. The van der Waals surface area contributed by atoms with E-state index in [4.69, 9.17) is 10.5 Å². The number of hydrogen-bond acceptors (Lipinski definition) is 5. The summed E-state index contributed by atoms with van der Waals surface area (Å²) in [5.41, 5.74) is 11.8. The molecule has 4 N–H and O–H groups in total. The van der Waals surface area contributed by atoms with E-state index in [2.05, 4.69) is 33.9 Å². The van der Waals surface area contributed by atoms with Gasteiger partial charge in [0.1, 0.15) is 18.2 Å². The topological polar surface area (TPSA) is 76.6 Å². The number of nitrogens with zero attached hydrogens (tertiary/aromatic N) is 2. The number of aromatic nitrogens is 2. The zero-order chi connectivity index (χ0) is 25.3. The molecule has 3 heterocycles. The number of hydrogen-bond donors (Lipinski definition) is 3. The molecule has 2 aliphatic carbocycles. The van der Waals surface area contributed by atoms with Crippen molar-refractivity contribution in [2.75, 3.05) is 11.9 Å². The van der Waals surface area contributed by atoms with Crippen molar-refractivity contribution in [3.8, 4) is 5.75 Å². The molecule has 7 heteroatoms. The van der Waals surface area contributed by atoms with Gasteiger partial charge < -0.3 is 21.1 Å². The lowest BCUT2D eigenvalue weighted by atomic mass is 9.90. The van der Waals surface area contributed by atoms with E-state index < -0.39 is 0 Å². The van der Waals surface area contributed by atoms with Crippen molar-refractivity contribution in [3.05, 3.63) is 70.9 Å². The van der Waals surface area contributed by atoms with Crippen LogP contribution in [0.5, 0.6) is 5.75 Å². The van der Waals surface area contributed by atoms with Crippen LogP contribution in [0.3, 0.4) is 0 Å². The van der Waals surface area contributed by atoms with Gasteiger partial charge >= 0.3 is 0 Å². The molecule has 36 heavy (non-hydrogen) atoms. The second-order valence-corrected chi connectivity index (χ2v) is 9.39. The van der Waals surface area contributed by atoms with E-state index in [1.165, 1.54) is 61.4 Å². The van der Waals surface area contributed by atoms with Gasteiger partial charge in [-0.15, -0.1) is 0 Å². The molecule has 194 valence electrons. The summed E-state index contributed by atoms with van der Waals surface area (Å²) in [6, 6.07) is 12.2. The van der Waals surface area contributed by atoms with Crippen LogP contribution in [0.2, 0.25) is 0 Å². The molecule has 0 amide bonds. The second-order valence-electron chi connectivity index (χ2n) is 9.39. The van der Waals surface area contributed by atoms with Crippen molar-refractivity contribution in [2.45, 2.75) is 84.3 Å². The Morgan fingerprint density at radius 3 is 2.64 bits per heavy atom. The quantitative estimate of drug-likeness (QED) is 0.397. The fraction of sp³-hybridized carbons (Fsp3) is 0.483. The van der Waals surface area contributed by atoms with E-state index in [1.54, 1.807) is 6.07 Å². The fourth-order valence-corrected chi connectivity index (χ4v) is 4.87. The first-order valence-electron chi connectivity index (χ1n) is 13.5. The van der Waals surface area contributed by atoms with Gasteiger partial charge in [-0.1, -0.05) is 39.2 Å². The van der Waals surface area contributed by atoms with Crippen LogP contribution in [0, 0.1) is 5.82 Å². The SMILES string of the molecule is CC.NCc1cc2c(cc1F)OCC(=C1CCC1)N2.c1cc(CNC2CCCCC2)n2nccc2c1. The van der Waals surface area contributed by atoms with Gasteiger partial charge in [-0.2, -0.15) is 5.10 Å². The maximum Gasteiger partial charge on any atom is 0.146 e. The van der Waals surface area contributed by atoms with Crippen LogP contribution < -0.4 is 21.1 Å². The number of allylic oxidation sites excluding steroid dienone is 1. The molecule has 0 bridgehead atoms. The van der Waals surface area contributed by atoms with Crippen molar-refractivity contribution in [1.29, 1.82) is 0 Å². The first-order chi connectivity index (χ1) is 17.7. The Kier molecular flexibility index (Phi) is 9.36. The highest BCUT2D eigenvalue weighted by molar-refractivity contribution is 5.64. The van der Waals surface area contributed by atoms with E-state index in [9.17, 15) is 4.39 Å². The third kappa shape index (κ3) is 6.26. The minimum Gasteiger partial charge on any atom is -0.485 e. The van der Waals surface area contributed by atoms with E-state index in [1.807, 2.05) is 30.6 Å². The summed E-state index contributed by atoms with van der Waals surface area (Å²) in [7, 11) is 0. The Balaban J connectivity index is 0.000000158. The van der Waals surface area contributed by atoms with Crippen LogP contribution in [-0.4, -0.2) is 22.3 Å². The normalized spacial score (nSPS) is 17.0. The van der Waals surface area contributed by atoms with Gasteiger partial charge in [0, 0.05) is 37.0 Å². The van der Waals surface area contributed by atoms with Crippen LogP contribution in [0.4, 0.5) is 10.1 Å². The molecular formula is C29H40FN5O. The van der Waals surface area contributed by atoms with Gasteiger partial charge in [-0.3, -0.25) is 0 Å². The minimum atomic E-state index is -0.298. The maximum absolute atomic E-state index is 13.5. The lowest BCUT2D eigenvalue weighted by Crippen LogP contribution is -2.31. The monoisotopic (exact) mass is 493 g/mol.